The van der Waals surface area contributed by atoms with Gasteiger partial charge in [0.1, 0.15) is 11.6 Å². The largest absolute Gasteiger partial charge is 0.461 e. The highest BCUT2D eigenvalue weighted by Gasteiger charge is 2.29. The smallest absolute Gasteiger partial charge is 0.338 e. The second-order valence-corrected chi connectivity index (χ2v) is 10.7. The number of aliphatic hydroxyl groups excluding tert-OH is 1. The van der Waals surface area contributed by atoms with Gasteiger partial charge in [0.25, 0.3) is 0 Å². The van der Waals surface area contributed by atoms with Crippen LogP contribution in [0.1, 0.15) is 68.7 Å². The van der Waals surface area contributed by atoms with Crippen molar-refractivity contribution in [2.24, 2.45) is 5.92 Å². The van der Waals surface area contributed by atoms with Crippen molar-refractivity contribution < 1.29 is 33.3 Å². The minimum atomic E-state index is -1.10. The number of hydrogen-bond donors (Lipinski definition) is 1. The van der Waals surface area contributed by atoms with E-state index >= 15 is 4.39 Å². The average molecular weight is 547 g/mol. The van der Waals surface area contributed by atoms with Gasteiger partial charge in [-0.3, -0.25) is 0 Å². The second kappa shape index (κ2) is 12.0. The van der Waals surface area contributed by atoms with Gasteiger partial charge in [0, 0.05) is 23.0 Å². The molecule has 2 atom stereocenters. The van der Waals surface area contributed by atoms with E-state index in [1.165, 1.54) is 13.0 Å². The van der Waals surface area contributed by atoms with Crippen LogP contribution >= 0.6 is 0 Å². The van der Waals surface area contributed by atoms with Crippen molar-refractivity contribution >= 4 is 17.5 Å². The van der Waals surface area contributed by atoms with E-state index in [-0.39, 0.29) is 28.8 Å². The Hall–Kier alpha value is -3.97. The Morgan fingerprint density at radius 2 is 1.57 bits per heavy atom. The van der Waals surface area contributed by atoms with E-state index in [0.29, 0.717) is 28.9 Å². The topological polar surface area (TPSA) is 82.1 Å². The van der Waals surface area contributed by atoms with E-state index < -0.39 is 24.1 Å². The number of carbonyl (C=O) groups excluding carboxylic acids is 2. The maximum atomic E-state index is 15.7. The molecule has 2 aromatic carbocycles. The zero-order chi connectivity index (χ0) is 29.1. The molecule has 2 aromatic rings. The predicted molar refractivity (Wildman–Crippen MR) is 152 cm³/mol. The minimum Gasteiger partial charge on any atom is -0.461 e. The number of hydrogen-bond acceptors (Lipinski definition) is 6. The van der Waals surface area contributed by atoms with Crippen molar-refractivity contribution in [2.75, 3.05) is 0 Å². The Morgan fingerprint density at radius 1 is 0.950 bits per heavy atom. The third kappa shape index (κ3) is 6.26. The SMILES string of the molecule is C=C(C)C(=O)Oc1cc(C2=CCC(c3ccc(OC(=O)C(=C)C)c4c3CCC4)C(F)=C2)ccc1OC(O)C(C)C. The summed E-state index contributed by atoms with van der Waals surface area (Å²) in [5.74, 6) is -1.20. The number of halogens is 1. The van der Waals surface area contributed by atoms with Crippen LogP contribution in [0.3, 0.4) is 0 Å². The first-order chi connectivity index (χ1) is 19.0. The zero-order valence-corrected chi connectivity index (χ0v) is 23.4. The maximum absolute atomic E-state index is 15.7. The molecule has 0 saturated heterocycles. The van der Waals surface area contributed by atoms with Crippen molar-refractivity contribution in [2.45, 2.75) is 65.6 Å². The van der Waals surface area contributed by atoms with Gasteiger partial charge in [0.2, 0.25) is 0 Å². The van der Waals surface area contributed by atoms with Gasteiger partial charge in [-0.1, -0.05) is 45.2 Å². The standard InChI is InChI=1S/C33H35FO6/c1-18(2)31(35)38-28-15-13-24(23-8-7-9-26(23)28)25-12-10-21(16-27(25)34)22-11-14-29(39-32(36)19(3)4)30(17-22)40-33(37)20(5)6/h10-11,13-17,19,25,32,36H,1,5,7-9,12H2,2-4,6H3. The molecule has 40 heavy (non-hydrogen) atoms. The third-order valence-corrected chi connectivity index (χ3v) is 7.05. The van der Waals surface area contributed by atoms with Gasteiger partial charge in [0.15, 0.2) is 17.8 Å². The Labute approximate surface area is 234 Å². The molecule has 0 bridgehead atoms. The molecule has 0 fully saturated rings. The fourth-order valence-electron chi connectivity index (χ4n) is 4.77. The van der Waals surface area contributed by atoms with Gasteiger partial charge in [0.05, 0.1) is 0 Å². The number of ether oxygens (including phenoxy) is 3. The molecule has 0 spiro atoms. The molecule has 2 unspecified atom stereocenters. The molecule has 1 N–H and O–H groups in total. The summed E-state index contributed by atoms with van der Waals surface area (Å²) in [6.45, 7) is 14.0. The highest BCUT2D eigenvalue weighted by Crippen LogP contribution is 2.44. The van der Waals surface area contributed by atoms with Crippen LogP contribution in [0, 0.1) is 5.92 Å². The molecule has 210 valence electrons. The first-order valence-electron chi connectivity index (χ1n) is 13.4. The summed E-state index contributed by atoms with van der Waals surface area (Å²) in [5.41, 5.74) is 4.70. The first-order valence-corrected chi connectivity index (χ1v) is 13.4. The second-order valence-electron chi connectivity index (χ2n) is 10.7. The highest BCUT2D eigenvalue weighted by atomic mass is 19.1. The molecule has 2 aliphatic carbocycles. The molecule has 0 heterocycles. The van der Waals surface area contributed by atoms with E-state index in [4.69, 9.17) is 14.2 Å². The van der Waals surface area contributed by atoms with E-state index in [1.54, 1.807) is 45.0 Å². The summed E-state index contributed by atoms with van der Waals surface area (Å²) < 4.78 is 32.3. The molecule has 2 aliphatic rings. The maximum Gasteiger partial charge on any atom is 0.338 e. The van der Waals surface area contributed by atoms with Crippen molar-refractivity contribution in [1.29, 1.82) is 0 Å². The highest BCUT2D eigenvalue weighted by molar-refractivity contribution is 5.90. The molecular weight excluding hydrogens is 511 g/mol. The van der Waals surface area contributed by atoms with Crippen LogP contribution in [-0.4, -0.2) is 23.3 Å². The molecule has 7 heteroatoms. The Kier molecular flexibility index (Phi) is 8.74. The van der Waals surface area contributed by atoms with Crippen molar-refractivity contribution in [3.63, 3.8) is 0 Å². The van der Waals surface area contributed by atoms with Crippen LogP contribution in [0.5, 0.6) is 17.2 Å². The number of fused-ring (bicyclic) bond motifs is 1. The van der Waals surface area contributed by atoms with Gasteiger partial charge < -0.3 is 19.3 Å². The van der Waals surface area contributed by atoms with Crippen LogP contribution in [0.2, 0.25) is 0 Å². The molecule has 0 aliphatic heterocycles. The van der Waals surface area contributed by atoms with Gasteiger partial charge in [-0.2, -0.15) is 0 Å². The fraction of sp³-hybridized carbons (Fsp3) is 0.333. The predicted octanol–water partition coefficient (Wildman–Crippen LogP) is 6.92. The summed E-state index contributed by atoms with van der Waals surface area (Å²) in [6.07, 6.45) is 5.25. The van der Waals surface area contributed by atoms with Crippen molar-refractivity contribution in [1.82, 2.24) is 0 Å². The molecule has 6 nitrogen and oxygen atoms in total. The lowest BCUT2D eigenvalue weighted by Gasteiger charge is -2.23. The Balaban J connectivity index is 1.61. The summed E-state index contributed by atoms with van der Waals surface area (Å²) in [6, 6.07) is 8.53. The number of benzene rings is 2. The van der Waals surface area contributed by atoms with Gasteiger partial charge in [-0.05, 0) is 91.6 Å². The van der Waals surface area contributed by atoms with Crippen LogP contribution < -0.4 is 14.2 Å². The summed E-state index contributed by atoms with van der Waals surface area (Å²) in [4.78, 5) is 24.4. The van der Waals surface area contributed by atoms with Crippen molar-refractivity contribution in [3.05, 3.63) is 94.9 Å². The Morgan fingerprint density at radius 3 is 2.20 bits per heavy atom. The normalized spacial score (nSPS) is 16.9. The monoisotopic (exact) mass is 546 g/mol. The summed E-state index contributed by atoms with van der Waals surface area (Å²) >= 11 is 0. The number of rotatable bonds is 9. The van der Waals surface area contributed by atoms with Crippen molar-refractivity contribution in [3.8, 4) is 17.2 Å². The molecule has 4 rings (SSSR count). The number of esters is 2. The lowest BCUT2D eigenvalue weighted by molar-refractivity contribution is -0.131. The molecular formula is C33H35FO6. The molecule has 0 amide bonds. The van der Waals surface area contributed by atoms with Crippen LogP contribution in [0.4, 0.5) is 4.39 Å². The summed E-state index contributed by atoms with van der Waals surface area (Å²) in [7, 11) is 0. The average Bonchev–Trinajstić information content (AvgIpc) is 3.40. The van der Waals surface area contributed by atoms with Gasteiger partial charge in [-0.15, -0.1) is 0 Å². The summed E-state index contributed by atoms with van der Waals surface area (Å²) in [5, 5.41) is 10.2. The number of aliphatic hydroxyl groups is 1. The minimum absolute atomic E-state index is 0.111. The van der Waals surface area contributed by atoms with E-state index in [0.717, 1.165) is 36.0 Å². The van der Waals surface area contributed by atoms with Gasteiger partial charge in [-0.25, -0.2) is 14.0 Å². The van der Waals surface area contributed by atoms with Crippen LogP contribution in [-0.2, 0) is 22.4 Å². The number of carbonyl (C=O) groups is 2. The lowest BCUT2D eigenvalue weighted by Crippen LogP contribution is -2.22. The van der Waals surface area contributed by atoms with E-state index in [1.807, 2.05) is 12.1 Å². The van der Waals surface area contributed by atoms with Crippen LogP contribution in [0.15, 0.2) is 72.6 Å². The first kappa shape index (κ1) is 29.0. The van der Waals surface area contributed by atoms with Gasteiger partial charge >= 0.3 is 11.9 Å². The Bertz CT molecular complexity index is 1430. The van der Waals surface area contributed by atoms with E-state index in [9.17, 15) is 14.7 Å². The third-order valence-electron chi connectivity index (χ3n) is 7.05. The quantitative estimate of drug-likeness (QED) is 0.159. The molecule has 0 aromatic heterocycles. The molecule has 0 radical (unpaired) electrons. The molecule has 0 saturated carbocycles. The fourth-order valence-corrected chi connectivity index (χ4v) is 4.77. The zero-order valence-electron chi connectivity index (χ0n) is 23.4. The van der Waals surface area contributed by atoms with E-state index in [2.05, 4.69) is 13.2 Å². The lowest BCUT2D eigenvalue weighted by atomic mass is 9.84. The number of allylic oxidation sites excluding steroid dienone is 4. The van der Waals surface area contributed by atoms with Crippen LogP contribution in [0.25, 0.3) is 5.57 Å².